The normalized spacial score (nSPS) is 11.1. The summed E-state index contributed by atoms with van der Waals surface area (Å²) in [7, 11) is 0. The third-order valence-electron chi connectivity index (χ3n) is 0.978. The smallest absolute Gasteiger partial charge is 0.300 e. The van der Waals surface area contributed by atoms with Crippen molar-refractivity contribution in [2.45, 2.75) is 79.3 Å². The molecule has 0 spiro atoms. The Morgan fingerprint density at radius 1 is 1.06 bits per heavy atom. The van der Waals surface area contributed by atoms with Crippen LogP contribution in [0.3, 0.4) is 0 Å². The van der Waals surface area contributed by atoms with Gasteiger partial charge in [0, 0.05) is 6.92 Å². The average molecular weight is 266 g/mol. The van der Waals surface area contributed by atoms with Gasteiger partial charge in [0.15, 0.2) is 6.29 Å². The first kappa shape index (κ1) is 22.5. The summed E-state index contributed by atoms with van der Waals surface area (Å²) < 4.78 is 5.62. The Kier molecular flexibility index (Phi) is 12.9. The van der Waals surface area contributed by atoms with E-state index in [1.165, 1.54) is 0 Å². The lowest BCUT2D eigenvalue weighted by molar-refractivity contribution is -0.134. The van der Waals surface area contributed by atoms with Gasteiger partial charge in [-0.15, -0.1) is 0 Å². The Balaban J connectivity index is -0.000000212. The molecule has 0 saturated carbocycles. The Morgan fingerprint density at radius 2 is 1.22 bits per heavy atom. The van der Waals surface area contributed by atoms with Gasteiger partial charge >= 0.3 is 0 Å². The van der Waals surface area contributed by atoms with E-state index < -0.39 is 12.3 Å². The van der Waals surface area contributed by atoms with Gasteiger partial charge in [-0.25, -0.2) is 0 Å². The lowest BCUT2D eigenvalue weighted by Crippen LogP contribution is -2.31. The average Bonchev–Trinajstić information content (AvgIpc) is 1.96. The van der Waals surface area contributed by atoms with E-state index in [2.05, 4.69) is 41.5 Å². The van der Waals surface area contributed by atoms with Crippen molar-refractivity contribution >= 4 is 5.97 Å². The van der Waals surface area contributed by atoms with Crippen LogP contribution in [0.5, 0.6) is 0 Å². The van der Waals surface area contributed by atoms with Crippen LogP contribution in [-0.4, -0.2) is 38.8 Å². The first-order valence-electron chi connectivity index (χ1n) is 5.97. The SMILES string of the molecule is CC(=O)O.CC(C)(C)OC(C)(C)C.CCC(O)O. The van der Waals surface area contributed by atoms with Gasteiger partial charge in [-0.1, -0.05) is 6.92 Å². The van der Waals surface area contributed by atoms with Crippen LogP contribution in [0.2, 0.25) is 0 Å². The largest absolute Gasteiger partial charge is 0.481 e. The number of carboxylic acids is 1. The molecule has 0 heterocycles. The van der Waals surface area contributed by atoms with Crippen molar-refractivity contribution in [3.05, 3.63) is 0 Å². The van der Waals surface area contributed by atoms with Crippen molar-refractivity contribution in [3.8, 4) is 0 Å². The fourth-order valence-corrected chi connectivity index (χ4v) is 0.919. The van der Waals surface area contributed by atoms with E-state index in [9.17, 15) is 0 Å². The van der Waals surface area contributed by atoms with E-state index in [0.29, 0.717) is 6.42 Å². The molecule has 0 amide bonds. The highest BCUT2D eigenvalue weighted by Crippen LogP contribution is 2.17. The Morgan fingerprint density at radius 3 is 1.22 bits per heavy atom. The molecule has 0 aliphatic rings. The summed E-state index contributed by atoms with van der Waals surface area (Å²) in [5, 5.41) is 23.2. The summed E-state index contributed by atoms with van der Waals surface area (Å²) in [6, 6.07) is 0. The predicted molar refractivity (Wildman–Crippen MR) is 72.4 cm³/mol. The highest BCUT2D eigenvalue weighted by atomic mass is 16.5. The van der Waals surface area contributed by atoms with Crippen molar-refractivity contribution < 1.29 is 24.9 Å². The maximum absolute atomic E-state index is 9.00. The molecule has 18 heavy (non-hydrogen) atoms. The Hall–Kier alpha value is -0.650. The van der Waals surface area contributed by atoms with Crippen LogP contribution in [0.4, 0.5) is 0 Å². The van der Waals surface area contributed by atoms with Gasteiger partial charge in [0.1, 0.15) is 0 Å². The van der Waals surface area contributed by atoms with Gasteiger partial charge in [0.2, 0.25) is 0 Å². The first-order valence-corrected chi connectivity index (χ1v) is 5.97. The standard InChI is InChI=1S/C8H18O.C3H8O2.C2H4O2/c1-7(2,3)9-8(4,5)6;1-2-3(4)5;1-2(3)4/h1-6H3;3-5H,2H2,1H3;1H3,(H,3,4). The molecule has 0 aromatic rings. The monoisotopic (exact) mass is 266 g/mol. The van der Waals surface area contributed by atoms with Gasteiger partial charge < -0.3 is 20.1 Å². The van der Waals surface area contributed by atoms with Crippen LogP contribution in [0, 0.1) is 0 Å². The lowest BCUT2D eigenvalue weighted by atomic mass is 10.1. The van der Waals surface area contributed by atoms with Crippen LogP contribution < -0.4 is 0 Å². The highest BCUT2D eigenvalue weighted by Gasteiger charge is 2.19. The second-order valence-corrected chi connectivity index (χ2v) is 5.73. The number of carbonyl (C=O) groups is 1. The first-order chi connectivity index (χ1) is 7.71. The molecule has 112 valence electrons. The second-order valence-electron chi connectivity index (χ2n) is 5.73. The summed E-state index contributed by atoms with van der Waals surface area (Å²) in [5.41, 5.74) is -0.0312. The molecule has 0 aromatic carbocycles. The van der Waals surface area contributed by atoms with E-state index >= 15 is 0 Å². The van der Waals surface area contributed by atoms with Gasteiger partial charge in [-0.05, 0) is 48.0 Å². The van der Waals surface area contributed by atoms with E-state index in [-0.39, 0.29) is 11.2 Å². The molecule has 0 aliphatic heterocycles. The zero-order valence-electron chi connectivity index (χ0n) is 12.9. The zero-order chi connectivity index (χ0) is 15.6. The number of aliphatic carboxylic acids is 1. The molecule has 0 fully saturated rings. The molecule has 5 heteroatoms. The maximum Gasteiger partial charge on any atom is 0.300 e. The fourth-order valence-electron chi connectivity index (χ4n) is 0.919. The molecule has 0 radical (unpaired) electrons. The molecule has 5 nitrogen and oxygen atoms in total. The number of ether oxygens (including phenoxy) is 1. The quantitative estimate of drug-likeness (QED) is 0.634. The molecular formula is C13H30O5. The van der Waals surface area contributed by atoms with Crippen molar-refractivity contribution in [1.82, 2.24) is 0 Å². The molecule has 3 N–H and O–H groups in total. The summed E-state index contributed by atoms with van der Waals surface area (Å²) in [4.78, 5) is 9.00. The predicted octanol–water partition coefficient (Wildman–Crippen LogP) is 2.40. The number of carboxylic acid groups (broad SMARTS) is 1. The Labute approximate surface area is 111 Å². The maximum atomic E-state index is 9.00. The van der Waals surface area contributed by atoms with E-state index in [4.69, 9.17) is 24.9 Å². The second kappa shape index (κ2) is 10.3. The van der Waals surface area contributed by atoms with Crippen molar-refractivity contribution in [2.24, 2.45) is 0 Å². The van der Waals surface area contributed by atoms with Gasteiger partial charge in [0.25, 0.3) is 5.97 Å². The van der Waals surface area contributed by atoms with Crippen LogP contribution in [-0.2, 0) is 9.53 Å². The fraction of sp³-hybridized carbons (Fsp3) is 0.923. The van der Waals surface area contributed by atoms with Crippen LogP contribution in [0.25, 0.3) is 0 Å². The van der Waals surface area contributed by atoms with E-state index in [1.807, 2.05) is 0 Å². The minimum Gasteiger partial charge on any atom is -0.481 e. The number of aliphatic hydroxyl groups excluding tert-OH is 1. The van der Waals surface area contributed by atoms with Gasteiger partial charge in [0.05, 0.1) is 11.2 Å². The van der Waals surface area contributed by atoms with E-state index in [0.717, 1.165) is 6.92 Å². The highest BCUT2D eigenvalue weighted by molar-refractivity contribution is 5.62. The van der Waals surface area contributed by atoms with Crippen molar-refractivity contribution in [3.63, 3.8) is 0 Å². The molecule has 0 unspecified atom stereocenters. The molecule has 0 aliphatic carbocycles. The summed E-state index contributed by atoms with van der Waals surface area (Å²) in [6.07, 6.45) is -0.699. The molecule has 0 rings (SSSR count). The minimum atomic E-state index is -1.12. The number of hydrogen-bond acceptors (Lipinski definition) is 4. The van der Waals surface area contributed by atoms with Gasteiger partial charge in [-0.2, -0.15) is 0 Å². The van der Waals surface area contributed by atoms with Crippen molar-refractivity contribution in [1.29, 1.82) is 0 Å². The zero-order valence-corrected chi connectivity index (χ0v) is 12.9. The summed E-state index contributed by atoms with van der Waals surface area (Å²) in [6.45, 7) is 15.2. The third-order valence-corrected chi connectivity index (χ3v) is 0.978. The van der Waals surface area contributed by atoms with Crippen LogP contribution in [0.1, 0.15) is 61.8 Å². The molecule has 0 atom stereocenters. The number of aliphatic hydroxyl groups is 2. The summed E-state index contributed by atoms with van der Waals surface area (Å²) >= 11 is 0. The Bertz CT molecular complexity index is 182. The lowest BCUT2D eigenvalue weighted by Gasteiger charge is -2.30. The summed E-state index contributed by atoms with van der Waals surface area (Å²) in [5.74, 6) is -0.833. The third kappa shape index (κ3) is 58.5. The molecule has 0 aromatic heterocycles. The van der Waals surface area contributed by atoms with Crippen LogP contribution in [0.15, 0.2) is 0 Å². The number of rotatable bonds is 1. The minimum absolute atomic E-state index is 0.0156. The molecular weight excluding hydrogens is 236 g/mol. The van der Waals surface area contributed by atoms with Gasteiger partial charge in [-0.3, -0.25) is 4.79 Å². The molecule has 0 saturated heterocycles. The topological polar surface area (TPSA) is 87.0 Å². The molecule has 0 bridgehead atoms. The van der Waals surface area contributed by atoms with Crippen molar-refractivity contribution in [2.75, 3.05) is 0 Å². The van der Waals surface area contributed by atoms with Crippen LogP contribution >= 0.6 is 0 Å². The number of hydrogen-bond donors (Lipinski definition) is 3. The van der Waals surface area contributed by atoms with E-state index in [1.54, 1.807) is 6.92 Å².